The Hall–Kier alpha value is -1.94. The summed E-state index contributed by atoms with van der Waals surface area (Å²) in [6.45, 7) is 7.23. The Labute approximate surface area is 549 Å². The molecule has 0 aliphatic carbocycles. The second-order valence-electron chi connectivity index (χ2n) is 26.1. The number of ether oxygens (including phenoxy) is 4. The lowest BCUT2D eigenvalue weighted by atomic mass is 10.0. The van der Waals surface area contributed by atoms with Crippen molar-refractivity contribution in [1.82, 2.24) is 0 Å². The first-order valence-corrected chi connectivity index (χ1v) is 40.1. The molecule has 0 bridgehead atoms. The number of carbonyl (C=O) groups excluding carboxylic acids is 4. The molecule has 0 aromatic carbocycles. The van der Waals surface area contributed by atoms with Gasteiger partial charge in [0.25, 0.3) is 0 Å². The molecule has 0 aliphatic heterocycles. The quantitative estimate of drug-likeness (QED) is 0.0222. The molecule has 0 amide bonds. The largest absolute Gasteiger partial charge is 0.472 e. The summed E-state index contributed by atoms with van der Waals surface area (Å²) in [6, 6.07) is 0. The molecule has 2 unspecified atom stereocenters. The van der Waals surface area contributed by atoms with Crippen LogP contribution in [0.15, 0.2) is 0 Å². The number of phosphoric ester groups is 2. The SMILES string of the molecule is CCCCCCCCCCCCCCCCCCC(=O)O[C@H](COC(=O)CCCCCCCCCCCCCC(C)C)COP(=O)(O)OC[C@@H](O)COP(=O)(O)OC[C@@H](COC(=O)CCCCCCCCC)OC(=O)CCCCCCCCCCCCCCC. The van der Waals surface area contributed by atoms with E-state index in [-0.39, 0.29) is 25.7 Å². The Bertz CT molecular complexity index is 1740. The Balaban J connectivity index is 5.20. The van der Waals surface area contributed by atoms with E-state index in [0.717, 1.165) is 109 Å². The van der Waals surface area contributed by atoms with Crippen LogP contribution < -0.4 is 0 Å². The van der Waals surface area contributed by atoms with Crippen LogP contribution in [0.1, 0.15) is 369 Å². The molecule has 90 heavy (non-hydrogen) atoms. The number of carbonyl (C=O) groups is 4. The number of unbranched alkanes of at least 4 members (excludes halogenated alkanes) is 43. The molecular formula is C71H138O17P2. The molecule has 0 aromatic rings. The summed E-state index contributed by atoms with van der Waals surface area (Å²) in [7, 11) is -9.90. The molecule has 0 saturated carbocycles. The van der Waals surface area contributed by atoms with E-state index in [1.54, 1.807) is 0 Å². The highest BCUT2D eigenvalue weighted by molar-refractivity contribution is 7.47. The van der Waals surface area contributed by atoms with E-state index < -0.39 is 97.5 Å². The maximum atomic E-state index is 13.0. The van der Waals surface area contributed by atoms with Gasteiger partial charge in [0.1, 0.15) is 19.3 Å². The van der Waals surface area contributed by atoms with Gasteiger partial charge >= 0.3 is 39.5 Å². The zero-order chi connectivity index (χ0) is 66.3. The number of hydrogen-bond acceptors (Lipinski definition) is 15. The molecule has 0 heterocycles. The first-order valence-electron chi connectivity index (χ1n) is 37.1. The van der Waals surface area contributed by atoms with Crippen molar-refractivity contribution < 1.29 is 80.2 Å². The zero-order valence-corrected chi connectivity index (χ0v) is 60.1. The highest BCUT2D eigenvalue weighted by Crippen LogP contribution is 2.45. The van der Waals surface area contributed by atoms with Gasteiger partial charge in [-0.15, -0.1) is 0 Å². The van der Waals surface area contributed by atoms with Crippen molar-refractivity contribution in [3.05, 3.63) is 0 Å². The van der Waals surface area contributed by atoms with Gasteiger partial charge in [-0.05, 0) is 31.6 Å². The van der Waals surface area contributed by atoms with Gasteiger partial charge in [-0.2, -0.15) is 0 Å². The molecule has 3 N–H and O–H groups in total. The lowest BCUT2D eigenvalue weighted by molar-refractivity contribution is -0.161. The van der Waals surface area contributed by atoms with Gasteiger partial charge in [-0.25, -0.2) is 9.13 Å². The molecule has 17 nitrogen and oxygen atoms in total. The van der Waals surface area contributed by atoms with E-state index in [4.69, 9.17) is 37.0 Å². The summed E-state index contributed by atoms with van der Waals surface area (Å²) in [6.07, 6.45) is 51.3. The molecule has 19 heteroatoms. The van der Waals surface area contributed by atoms with E-state index in [1.165, 1.54) is 180 Å². The fourth-order valence-electron chi connectivity index (χ4n) is 10.8. The maximum Gasteiger partial charge on any atom is 0.472 e. The summed E-state index contributed by atoms with van der Waals surface area (Å²) >= 11 is 0. The van der Waals surface area contributed by atoms with E-state index >= 15 is 0 Å². The van der Waals surface area contributed by atoms with Crippen LogP contribution in [0.4, 0.5) is 0 Å². The van der Waals surface area contributed by atoms with Gasteiger partial charge in [-0.3, -0.25) is 37.3 Å². The fraction of sp³-hybridized carbons (Fsp3) is 0.944. The summed E-state index contributed by atoms with van der Waals surface area (Å²) in [5.74, 6) is -1.35. The van der Waals surface area contributed by atoms with Crippen molar-refractivity contribution in [2.24, 2.45) is 5.92 Å². The van der Waals surface area contributed by atoms with Crippen molar-refractivity contribution in [2.75, 3.05) is 39.6 Å². The maximum absolute atomic E-state index is 13.0. The van der Waals surface area contributed by atoms with Crippen molar-refractivity contribution in [3.8, 4) is 0 Å². The normalized spacial score (nSPS) is 14.1. The first kappa shape index (κ1) is 88.1. The van der Waals surface area contributed by atoms with E-state index in [0.29, 0.717) is 25.7 Å². The first-order chi connectivity index (χ1) is 43.5. The van der Waals surface area contributed by atoms with Crippen LogP contribution in [0, 0.1) is 5.92 Å². The molecular weight excluding hydrogens is 1190 g/mol. The average Bonchev–Trinajstić information content (AvgIpc) is 3.71. The predicted octanol–water partition coefficient (Wildman–Crippen LogP) is 20.5. The smallest absolute Gasteiger partial charge is 0.462 e. The third-order valence-corrected chi connectivity index (χ3v) is 18.4. The van der Waals surface area contributed by atoms with Crippen molar-refractivity contribution in [2.45, 2.75) is 387 Å². The monoisotopic (exact) mass is 1320 g/mol. The summed E-state index contributed by atoms with van der Waals surface area (Å²) < 4.78 is 68.2. The third-order valence-electron chi connectivity index (χ3n) is 16.5. The molecule has 534 valence electrons. The molecule has 0 aliphatic rings. The van der Waals surface area contributed by atoms with Gasteiger partial charge in [-0.1, -0.05) is 317 Å². The third kappa shape index (κ3) is 64.8. The van der Waals surface area contributed by atoms with E-state index in [2.05, 4.69) is 34.6 Å². The van der Waals surface area contributed by atoms with Crippen LogP contribution in [0.25, 0.3) is 0 Å². The second-order valence-corrected chi connectivity index (χ2v) is 29.0. The van der Waals surface area contributed by atoms with Crippen molar-refractivity contribution >= 4 is 39.5 Å². The number of hydrogen-bond donors (Lipinski definition) is 3. The number of aliphatic hydroxyl groups excluding tert-OH is 1. The number of esters is 4. The van der Waals surface area contributed by atoms with Crippen LogP contribution in [0.3, 0.4) is 0 Å². The molecule has 0 fully saturated rings. The molecule has 0 aromatic heterocycles. The Morgan fingerprint density at radius 2 is 0.511 bits per heavy atom. The van der Waals surface area contributed by atoms with Crippen LogP contribution in [0.5, 0.6) is 0 Å². The Morgan fingerprint density at radius 3 is 0.756 bits per heavy atom. The van der Waals surface area contributed by atoms with Gasteiger partial charge in [0, 0.05) is 25.7 Å². The van der Waals surface area contributed by atoms with E-state index in [9.17, 15) is 43.2 Å². The highest BCUT2D eigenvalue weighted by Gasteiger charge is 2.30. The minimum atomic E-state index is -4.95. The van der Waals surface area contributed by atoms with Crippen molar-refractivity contribution in [3.63, 3.8) is 0 Å². The van der Waals surface area contributed by atoms with Crippen LogP contribution >= 0.6 is 15.6 Å². The van der Waals surface area contributed by atoms with Crippen molar-refractivity contribution in [1.29, 1.82) is 0 Å². The van der Waals surface area contributed by atoms with E-state index in [1.807, 2.05) is 0 Å². The van der Waals surface area contributed by atoms with Crippen LogP contribution in [-0.2, 0) is 65.4 Å². The topological polar surface area (TPSA) is 237 Å². The highest BCUT2D eigenvalue weighted by atomic mass is 31.2. The van der Waals surface area contributed by atoms with Crippen LogP contribution in [-0.4, -0.2) is 96.7 Å². The summed E-state index contributed by atoms with van der Waals surface area (Å²) in [4.78, 5) is 72.5. The summed E-state index contributed by atoms with van der Waals surface area (Å²) in [5.41, 5.74) is 0. The lowest BCUT2D eigenvalue weighted by Crippen LogP contribution is -2.30. The number of phosphoric acid groups is 2. The second kappa shape index (κ2) is 64.4. The molecule has 0 radical (unpaired) electrons. The van der Waals surface area contributed by atoms with Gasteiger partial charge in [0.15, 0.2) is 12.2 Å². The van der Waals surface area contributed by atoms with Gasteiger partial charge in [0.05, 0.1) is 26.4 Å². The average molecular weight is 1330 g/mol. The van der Waals surface area contributed by atoms with Gasteiger partial charge < -0.3 is 33.8 Å². The minimum absolute atomic E-state index is 0.107. The minimum Gasteiger partial charge on any atom is -0.462 e. The molecule has 0 rings (SSSR count). The van der Waals surface area contributed by atoms with Gasteiger partial charge in [0.2, 0.25) is 0 Å². The standard InChI is InChI=1S/C71H138O17P2/c1-6-9-12-15-18-20-22-24-25-26-28-32-37-42-47-52-57-71(76)88-67(61-82-69(74)55-50-45-40-35-33-29-30-34-39-43-48-53-64(4)5)63-86-90(79,80)84-59-65(72)58-83-89(77,78)85-62-66(60-81-68(73)54-49-44-38-17-14-11-8-3)87-70(75)56-51-46-41-36-31-27-23-21-19-16-13-10-7-2/h64-67,72H,6-63H2,1-5H3,(H,77,78)(H,79,80)/t65-,66+,67+/m0/s1. The Kier molecular flexibility index (Phi) is 63.0. The molecule has 5 atom stereocenters. The lowest BCUT2D eigenvalue weighted by Gasteiger charge is -2.21. The Morgan fingerprint density at radius 1 is 0.300 bits per heavy atom. The summed E-state index contributed by atoms with van der Waals surface area (Å²) in [5, 5.41) is 10.6. The van der Waals surface area contributed by atoms with Crippen LogP contribution in [0.2, 0.25) is 0 Å². The fourth-order valence-corrected chi connectivity index (χ4v) is 12.4. The predicted molar refractivity (Wildman–Crippen MR) is 363 cm³/mol. The molecule has 0 saturated heterocycles. The number of rotatable bonds is 71. The molecule has 0 spiro atoms. The zero-order valence-electron chi connectivity index (χ0n) is 58.3. The number of aliphatic hydroxyl groups is 1.